The first-order chi connectivity index (χ1) is 19.7. The van der Waals surface area contributed by atoms with Gasteiger partial charge in [0.2, 0.25) is 17.7 Å². The second-order valence-corrected chi connectivity index (χ2v) is 10.2. The van der Waals surface area contributed by atoms with Gasteiger partial charge in [0.1, 0.15) is 11.8 Å². The molecule has 226 valence electrons. The maximum Gasteiger partial charge on any atom is 0.242 e. The molecule has 41 heavy (non-hydrogen) atoms. The third kappa shape index (κ3) is 13.1. The normalized spacial score (nSPS) is 12.4. The van der Waals surface area contributed by atoms with Crippen LogP contribution in [0.1, 0.15) is 30.4 Å². The van der Waals surface area contributed by atoms with Crippen LogP contribution in [-0.2, 0) is 27.3 Å². The van der Waals surface area contributed by atoms with Crippen LogP contribution in [0.2, 0.25) is 0 Å². The molecule has 0 saturated heterocycles. The third-order valence-corrected chi connectivity index (χ3v) is 6.49. The number of amides is 3. The van der Waals surface area contributed by atoms with Gasteiger partial charge in [-0.3, -0.25) is 14.4 Å². The number of ether oxygens (including phenoxy) is 1. The molecule has 0 aromatic heterocycles. The monoisotopic (exact) mass is 569 g/mol. The fourth-order valence-electron chi connectivity index (χ4n) is 4.17. The van der Waals surface area contributed by atoms with Crippen molar-refractivity contribution >= 4 is 17.7 Å². The summed E-state index contributed by atoms with van der Waals surface area (Å²) in [7, 11) is 4.05. The Bertz CT molecular complexity index is 1040. The highest BCUT2D eigenvalue weighted by atomic mass is 16.5. The Morgan fingerprint density at radius 3 is 2.15 bits per heavy atom. The summed E-state index contributed by atoms with van der Waals surface area (Å²) >= 11 is 0. The van der Waals surface area contributed by atoms with Gasteiger partial charge in [0, 0.05) is 39.3 Å². The van der Waals surface area contributed by atoms with Gasteiger partial charge in [0.05, 0.1) is 19.1 Å². The smallest absolute Gasteiger partial charge is 0.242 e. The number of hydrogen-bond donors (Lipinski definition) is 5. The van der Waals surface area contributed by atoms with E-state index in [1.165, 1.54) is 4.90 Å². The fraction of sp³-hybridized carbons (Fsp3) is 0.500. The lowest BCUT2D eigenvalue weighted by Crippen LogP contribution is -2.53. The molecule has 0 unspecified atom stereocenters. The summed E-state index contributed by atoms with van der Waals surface area (Å²) in [5, 5.41) is 5.67. The highest BCUT2D eigenvalue weighted by Gasteiger charge is 2.26. The lowest BCUT2D eigenvalue weighted by atomic mass is 10.0. The zero-order valence-corrected chi connectivity index (χ0v) is 24.4. The quantitative estimate of drug-likeness (QED) is 0.150. The van der Waals surface area contributed by atoms with Crippen LogP contribution < -0.4 is 32.6 Å². The summed E-state index contributed by atoms with van der Waals surface area (Å²) in [5.74, 6) is -0.432. The zero-order chi connectivity index (χ0) is 30.0. The number of hydrogen-bond acceptors (Lipinski definition) is 8. The van der Waals surface area contributed by atoms with Crippen LogP contribution in [0.5, 0.6) is 5.75 Å². The summed E-state index contributed by atoms with van der Waals surface area (Å²) in [5.41, 5.74) is 19.2. The molecule has 2 rings (SSSR count). The number of carbonyl (C=O) groups excluding carboxylic acids is 3. The van der Waals surface area contributed by atoms with Gasteiger partial charge < -0.3 is 42.4 Å². The maximum atomic E-state index is 13.2. The van der Waals surface area contributed by atoms with E-state index in [0.29, 0.717) is 32.5 Å². The first kappa shape index (κ1) is 33.7. The molecule has 0 saturated carbocycles. The van der Waals surface area contributed by atoms with E-state index in [1.54, 1.807) is 0 Å². The van der Waals surface area contributed by atoms with Crippen molar-refractivity contribution < 1.29 is 19.1 Å². The van der Waals surface area contributed by atoms with E-state index in [-0.39, 0.29) is 37.9 Å². The predicted octanol–water partition coefficient (Wildman–Crippen LogP) is 0.214. The van der Waals surface area contributed by atoms with E-state index < -0.39 is 18.0 Å². The molecule has 11 heteroatoms. The SMILES string of the molecule is CN(C)CCCOc1ccc(CNC(=O)[C@H](CCc2ccccc2)NC(=O)[C@@H](N)CC(=O)N(CCN)CCN)cc1. The highest BCUT2D eigenvalue weighted by Crippen LogP contribution is 2.13. The second kappa shape index (κ2) is 18.8. The Morgan fingerprint density at radius 1 is 0.878 bits per heavy atom. The van der Waals surface area contributed by atoms with Gasteiger partial charge in [-0.1, -0.05) is 42.5 Å². The molecule has 3 amide bonds. The van der Waals surface area contributed by atoms with Crippen molar-refractivity contribution in [3.05, 3.63) is 65.7 Å². The lowest BCUT2D eigenvalue weighted by molar-refractivity contribution is -0.135. The van der Waals surface area contributed by atoms with Crippen LogP contribution in [0.15, 0.2) is 54.6 Å². The van der Waals surface area contributed by atoms with Crippen LogP contribution in [0.4, 0.5) is 0 Å². The number of nitrogens with zero attached hydrogens (tertiary/aromatic N) is 2. The average molecular weight is 570 g/mol. The minimum atomic E-state index is -1.11. The Balaban J connectivity index is 1.97. The van der Waals surface area contributed by atoms with E-state index in [1.807, 2.05) is 68.7 Å². The van der Waals surface area contributed by atoms with Gasteiger partial charge in [0.25, 0.3) is 0 Å². The topological polar surface area (TPSA) is 169 Å². The van der Waals surface area contributed by atoms with Gasteiger partial charge in [-0.05, 0) is 56.6 Å². The number of nitrogens with two attached hydrogens (primary N) is 3. The van der Waals surface area contributed by atoms with Gasteiger partial charge in [-0.25, -0.2) is 0 Å². The van der Waals surface area contributed by atoms with Crippen molar-refractivity contribution in [3.63, 3.8) is 0 Å². The van der Waals surface area contributed by atoms with Gasteiger partial charge >= 0.3 is 0 Å². The molecule has 2 atom stereocenters. The number of carbonyl (C=O) groups is 3. The zero-order valence-electron chi connectivity index (χ0n) is 24.4. The molecule has 11 nitrogen and oxygen atoms in total. The second-order valence-electron chi connectivity index (χ2n) is 10.2. The van der Waals surface area contributed by atoms with Crippen LogP contribution in [0, 0.1) is 0 Å². The van der Waals surface area contributed by atoms with Crippen molar-refractivity contribution in [2.24, 2.45) is 17.2 Å². The molecule has 0 bridgehead atoms. The number of aryl methyl sites for hydroxylation is 1. The van der Waals surface area contributed by atoms with Crippen LogP contribution in [-0.4, -0.2) is 93.0 Å². The first-order valence-corrected chi connectivity index (χ1v) is 14.2. The first-order valence-electron chi connectivity index (χ1n) is 14.2. The van der Waals surface area contributed by atoms with E-state index in [2.05, 4.69) is 15.5 Å². The number of nitrogens with one attached hydrogen (secondary N) is 2. The predicted molar refractivity (Wildman–Crippen MR) is 161 cm³/mol. The largest absolute Gasteiger partial charge is 0.494 e. The summed E-state index contributed by atoms with van der Waals surface area (Å²) < 4.78 is 5.77. The average Bonchev–Trinajstić information content (AvgIpc) is 2.96. The van der Waals surface area contributed by atoms with E-state index in [0.717, 1.165) is 29.8 Å². The van der Waals surface area contributed by atoms with Crippen molar-refractivity contribution in [2.45, 2.75) is 44.3 Å². The summed E-state index contributed by atoms with van der Waals surface area (Å²) in [6.45, 7) is 3.08. The van der Waals surface area contributed by atoms with Crippen molar-refractivity contribution in [1.29, 1.82) is 0 Å². The third-order valence-electron chi connectivity index (χ3n) is 6.49. The van der Waals surface area contributed by atoms with Crippen LogP contribution >= 0.6 is 0 Å². The van der Waals surface area contributed by atoms with E-state index >= 15 is 0 Å². The molecule has 2 aromatic carbocycles. The minimum Gasteiger partial charge on any atom is -0.494 e. The number of benzene rings is 2. The van der Waals surface area contributed by atoms with E-state index in [4.69, 9.17) is 21.9 Å². The van der Waals surface area contributed by atoms with Gasteiger partial charge in [-0.15, -0.1) is 0 Å². The molecule has 8 N–H and O–H groups in total. The summed E-state index contributed by atoms with van der Waals surface area (Å²) in [6, 6.07) is 15.3. The summed E-state index contributed by atoms with van der Waals surface area (Å²) in [6.07, 6.45) is 1.67. The van der Waals surface area contributed by atoms with E-state index in [9.17, 15) is 14.4 Å². The van der Waals surface area contributed by atoms with Gasteiger partial charge in [-0.2, -0.15) is 0 Å². The lowest BCUT2D eigenvalue weighted by Gasteiger charge is -2.24. The molecule has 0 spiro atoms. The Morgan fingerprint density at radius 2 is 1.54 bits per heavy atom. The Kier molecular flexibility index (Phi) is 15.4. The Hall–Kier alpha value is -3.51. The maximum absolute atomic E-state index is 13.2. The molecular weight excluding hydrogens is 522 g/mol. The fourth-order valence-corrected chi connectivity index (χ4v) is 4.17. The standard InChI is InChI=1S/C30H47N7O4/c1-36(2)17-6-20-41-25-12-9-24(10-13-25)22-34-30(40)27(14-11-23-7-4-3-5-8-23)35-29(39)26(33)21-28(38)37(18-15-31)19-16-32/h3-5,7-10,12-13,26-27H,6,11,14-22,31-33H2,1-2H3,(H,34,40)(H,35,39)/t26-,27-/m0/s1. The van der Waals surface area contributed by atoms with Crippen LogP contribution in [0.25, 0.3) is 0 Å². The molecule has 0 aliphatic rings. The summed E-state index contributed by atoms with van der Waals surface area (Å²) in [4.78, 5) is 42.4. The molecule has 0 radical (unpaired) electrons. The molecular formula is C30H47N7O4. The molecule has 0 heterocycles. The number of rotatable bonds is 19. The van der Waals surface area contributed by atoms with Crippen molar-refractivity contribution in [2.75, 3.05) is 53.4 Å². The minimum absolute atomic E-state index is 0.206. The molecule has 0 fully saturated rings. The molecule has 0 aliphatic carbocycles. The molecule has 2 aromatic rings. The van der Waals surface area contributed by atoms with Crippen LogP contribution in [0.3, 0.4) is 0 Å². The molecule has 0 aliphatic heterocycles. The Labute approximate surface area is 243 Å². The van der Waals surface area contributed by atoms with Crippen molar-refractivity contribution in [3.8, 4) is 5.75 Å². The van der Waals surface area contributed by atoms with Gasteiger partial charge in [0.15, 0.2) is 0 Å². The van der Waals surface area contributed by atoms with Crippen molar-refractivity contribution in [1.82, 2.24) is 20.4 Å². The highest BCUT2D eigenvalue weighted by molar-refractivity contribution is 5.92.